The molecule has 1 unspecified atom stereocenters. The van der Waals surface area contributed by atoms with Crippen LogP contribution in [0.2, 0.25) is 0 Å². The zero-order valence-corrected chi connectivity index (χ0v) is 8.81. The second-order valence-corrected chi connectivity index (χ2v) is 5.73. The van der Waals surface area contributed by atoms with Gasteiger partial charge in [0.05, 0.1) is 11.5 Å². The summed E-state index contributed by atoms with van der Waals surface area (Å²) in [5.41, 5.74) is 0. The van der Waals surface area contributed by atoms with Gasteiger partial charge in [-0.3, -0.25) is 0 Å². The standard InChI is InChI=1S/C9H17NO2S/c1-10-6-2-4-9-5-3-7-13(11,12)8-9/h2,4,9-10H,3,5-8H2,1H3/b4-2+. The van der Waals surface area contributed by atoms with E-state index in [0.717, 1.165) is 19.4 Å². The molecule has 0 amide bonds. The predicted molar refractivity (Wildman–Crippen MR) is 54.4 cm³/mol. The van der Waals surface area contributed by atoms with Crippen molar-refractivity contribution in [3.8, 4) is 0 Å². The van der Waals surface area contributed by atoms with Crippen molar-refractivity contribution in [2.24, 2.45) is 5.92 Å². The minimum Gasteiger partial charge on any atom is -0.316 e. The fourth-order valence-corrected chi connectivity index (χ4v) is 3.29. The van der Waals surface area contributed by atoms with Crippen molar-refractivity contribution in [2.45, 2.75) is 12.8 Å². The summed E-state index contributed by atoms with van der Waals surface area (Å²) in [7, 11) is -0.864. The Labute approximate surface area is 80.1 Å². The van der Waals surface area contributed by atoms with Gasteiger partial charge < -0.3 is 5.32 Å². The SMILES string of the molecule is CNC/C=C/C1CCCS(=O)(=O)C1. The third-order valence-corrected chi connectivity index (χ3v) is 4.08. The number of hydrogen-bond acceptors (Lipinski definition) is 3. The second-order valence-electron chi connectivity index (χ2n) is 3.50. The van der Waals surface area contributed by atoms with Crippen LogP contribution in [0.3, 0.4) is 0 Å². The van der Waals surface area contributed by atoms with Crippen LogP contribution in [0.5, 0.6) is 0 Å². The van der Waals surface area contributed by atoms with Crippen molar-refractivity contribution in [3.63, 3.8) is 0 Å². The van der Waals surface area contributed by atoms with Crippen LogP contribution >= 0.6 is 0 Å². The van der Waals surface area contributed by atoms with Crippen LogP contribution in [-0.2, 0) is 9.84 Å². The lowest BCUT2D eigenvalue weighted by molar-refractivity contribution is 0.542. The van der Waals surface area contributed by atoms with E-state index in [1.807, 2.05) is 19.2 Å². The molecule has 1 atom stereocenters. The van der Waals surface area contributed by atoms with Crippen molar-refractivity contribution in [1.82, 2.24) is 5.32 Å². The monoisotopic (exact) mass is 203 g/mol. The maximum absolute atomic E-state index is 11.2. The fraction of sp³-hybridized carbons (Fsp3) is 0.778. The fourth-order valence-electron chi connectivity index (χ4n) is 1.59. The molecular formula is C9H17NO2S. The Morgan fingerprint density at radius 2 is 2.31 bits per heavy atom. The molecule has 0 aromatic heterocycles. The van der Waals surface area contributed by atoms with E-state index in [2.05, 4.69) is 5.32 Å². The summed E-state index contributed by atoms with van der Waals surface area (Å²) in [6, 6.07) is 0. The zero-order valence-electron chi connectivity index (χ0n) is 7.99. The molecule has 4 heteroatoms. The third kappa shape index (κ3) is 3.91. The van der Waals surface area contributed by atoms with Crippen LogP contribution in [0, 0.1) is 5.92 Å². The lowest BCUT2D eigenvalue weighted by atomic mass is 10.1. The van der Waals surface area contributed by atoms with E-state index >= 15 is 0 Å². The van der Waals surface area contributed by atoms with E-state index in [0.29, 0.717) is 11.5 Å². The first-order valence-corrected chi connectivity index (χ1v) is 6.48. The molecule has 1 rings (SSSR count). The van der Waals surface area contributed by atoms with Gasteiger partial charge in [-0.15, -0.1) is 0 Å². The first-order chi connectivity index (χ1) is 6.14. The molecule has 0 spiro atoms. The number of hydrogen-bond donors (Lipinski definition) is 1. The first-order valence-electron chi connectivity index (χ1n) is 4.66. The van der Waals surface area contributed by atoms with E-state index in [1.165, 1.54) is 0 Å². The molecule has 1 aliphatic heterocycles. The zero-order chi connectivity index (χ0) is 9.73. The van der Waals surface area contributed by atoms with Gasteiger partial charge >= 0.3 is 0 Å². The third-order valence-electron chi connectivity index (χ3n) is 2.23. The Balaban J connectivity index is 2.43. The van der Waals surface area contributed by atoms with E-state index in [4.69, 9.17) is 0 Å². The van der Waals surface area contributed by atoms with Gasteiger partial charge in [0.1, 0.15) is 0 Å². The summed E-state index contributed by atoms with van der Waals surface area (Å²) in [6.07, 6.45) is 5.86. The Morgan fingerprint density at radius 3 is 2.92 bits per heavy atom. The summed E-state index contributed by atoms with van der Waals surface area (Å²) in [5.74, 6) is 0.962. The van der Waals surface area contributed by atoms with E-state index in [1.54, 1.807) is 0 Å². The van der Waals surface area contributed by atoms with Crippen molar-refractivity contribution in [3.05, 3.63) is 12.2 Å². The predicted octanol–water partition coefficient (Wildman–Crippen LogP) is 0.587. The van der Waals surface area contributed by atoms with Gasteiger partial charge in [-0.1, -0.05) is 12.2 Å². The van der Waals surface area contributed by atoms with Crippen LogP contribution < -0.4 is 5.32 Å². The normalized spacial score (nSPS) is 27.9. The van der Waals surface area contributed by atoms with Gasteiger partial charge in [0.2, 0.25) is 0 Å². The Hall–Kier alpha value is -0.350. The van der Waals surface area contributed by atoms with E-state index in [9.17, 15) is 8.42 Å². The molecule has 0 bridgehead atoms. The Kier molecular flexibility index (Phi) is 3.93. The number of likely N-dealkylation sites (N-methyl/N-ethyl adjacent to an activating group) is 1. The highest BCUT2D eigenvalue weighted by Crippen LogP contribution is 2.18. The quantitative estimate of drug-likeness (QED) is 0.683. The molecule has 0 saturated carbocycles. The summed E-state index contributed by atoms with van der Waals surface area (Å²) in [6.45, 7) is 0.816. The Morgan fingerprint density at radius 1 is 1.54 bits per heavy atom. The van der Waals surface area contributed by atoms with Gasteiger partial charge in [-0.25, -0.2) is 8.42 Å². The van der Waals surface area contributed by atoms with Crippen molar-refractivity contribution >= 4 is 9.84 Å². The van der Waals surface area contributed by atoms with Gasteiger partial charge in [0, 0.05) is 6.54 Å². The smallest absolute Gasteiger partial charge is 0.150 e. The molecular weight excluding hydrogens is 186 g/mol. The maximum atomic E-state index is 11.2. The van der Waals surface area contributed by atoms with Crippen LogP contribution in [0.25, 0.3) is 0 Å². The number of allylic oxidation sites excluding steroid dienone is 1. The largest absolute Gasteiger partial charge is 0.316 e. The van der Waals surface area contributed by atoms with Crippen LogP contribution in [0.4, 0.5) is 0 Å². The molecule has 0 radical (unpaired) electrons. The molecule has 0 aliphatic carbocycles. The summed E-state index contributed by atoms with van der Waals surface area (Å²) in [5, 5.41) is 2.99. The average molecular weight is 203 g/mol. The highest BCUT2D eigenvalue weighted by Gasteiger charge is 2.22. The van der Waals surface area contributed by atoms with Gasteiger partial charge in [0.15, 0.2) is 9.84 Å². The summed E-state index contributed by atoms with van der Waals surface area (Å²) < 4.78 is 22.5. The maximum Gasteiger partial charge on any atom is 0.150 e. The molecule has 3 nitrogen and oxygen atoms in total. The molecule has 0 aromatic rings. The minimum absolute atomic E-state index is 0.243. The van der Waals surface area contributed by atoms with E-state index < -0.39 is 9.84 Å². The van der Waals surface area contributed by atoms with Crippen LogP contribution in [-0.4, -0.2) is 33.5 Å². The van der Waals surface area contributed by atoms with Crippen molar-refractivity contribution < 1.29 is 8.42 Å². The molecule has 1 saturated heterocycles. The topological polar surface area (TPSA) is 46.2 Å². The average Bonchev–Trinajstić information content (AvgIpc) is 2.03. The number of sulfone groups is 1. The summed E-state index contributed by atoms with van der Waals surface area (Å²) >= 11 is 0. The lowest BCUT2D eigenvalue weighted by Crippen LogP contribution is -2.23. The first kappa shape index (κ1) is 10.7. The minimum atomic E-state index is -2.74. The highest BCUT2D eigenvalue weighted by molar-refractivity contribution is 7.91. The molecule has 1 heterocycles. The Bertz CT molecular complexity index is 269. The number of nitrogens with one attached hydrogen (secondary N) is 1. The molecule has 0 aromatic carbocycles. The molecule has 13 heavy (non-hydrogen) atoms. The van der Waals surface area contributed by atoms with Gasteiger partial charge in [-0.2, -0.15) is 0 Å². The lowest BCUT2D eigenvalue weighted by Gasteiger charge is -2.18. The van der Waals surface area contributed by atoms with Crippen molar-refractivity contribution in [1.29, 1.82) is 0 Å². The van der Waals surface area contributed by atoms with Crippen LogP contribution in [0.1, 0.15) is 12.8 Å². The van der Waals surface area contributed by atoms with Gasteiger partial charge in [0.25, 0.3) is 0 Å². The second kappa shape index (κ2) is 4.77. The highest BCUT2D eigenvalue weighted by atomic mass is 32.2. The molecule has 76 valence electrons. The summed E-state index contributed by atoms with van der Waals surface area (Å²) in [4.78, 5) is 0. The van der Waals surface area contributed by atoms with Crippen LogP contribution in [0.15, 0.2) is 12.2 Å². The van der Waals surface area contributed by atoms with Gasteiger partial charge in [-0.05, 0) is 25.8 Å². The molecule has 1 N–H and O–H groups in total. The molecule has 1 aliphatic rings. The number of rotatable bonds is 3. The molecule has 1 fully saturated rings. The van der Waals surface area contributed by atoms with Crippen molar-refractivity contribution in [2.75, 3.05) is 25.1 Å². The van der Waals surface area contributed by atoms with E-state index in [-0.39, 0.29) is 5.92 Å².